The highest BCUT2D eigenvalue weighted by Gasteiger charge is 2.19. The van der Waals surface area contributed by atoms with Crippen LogP contribution >= 0.6 is 11.3 Å². The fourth-order valence-corrected chi connectivity index (χ4v) is 2.64. The zero-order chi connectivity index (χ0) is 14.3. The SMILES string of the molecule is COc1cc([N+](=O)[O-])c2[nH]cc(-c3csc(N)n3)c2c1. The molecule has 1 aromatic carbocycles. The second-order valence-corrected chi connectivity index (χ2v) is 4.99. The number of non-ortho nitro benzene ring substituents is 1. The van der Waals surface area contributed by atoms with Gasteiger partial charge in [-0.3, -0.25) is 10.1 Å². The molecule has 0 bridgehead atoms. The molecule has 0 saturated carbocycles. The minimum Gasteiger partial charge on any atom is -0.496 e. The van der Waals surface area contributed by atoms with Crippen molar-refractivity contribution in [3.05, 3.63) is 33.8 Å². The lowest BCUT2D eigenvalue weighted by Crippen LogP contribution is -1.91. The average Bonchev–Trinajstić information content (AvgIpc) is 3.02. The van der Waals surface area contributed by atoms with Crippen molar-refractivity contribution in [2.24, 2.45) is 0 Å². The van der Waals surface area contributed by atoms with Crippen molar-refractivity contribution in [1.29, 1.82) is 0 Å². The van der Waals surface area contributed by atoms with Crippen LogP contribution in [-0.2, 0) is 0 Å². The number of benzene rings is 1. The molecule has 0 atom stereocenters. The molecule has 3 rings (SSSR count). The minimum absolute atomic E-state index is 0.0335. The molecule has 0 aliphatic heterocycles. The van der Waals surface area contributed by atoms with E-state index in [9.17, 15) is 10.1 Å². The molecule has 3 aromatic rings. The smallest absolute Gasteiger partial charge is 0.297 e. The summed E-state index contributed by atoms with van der Waals surface area (Å²) in [6.07, 6.45) is 1.69. The standard InChI is InChI=1S/C12H10N4O3S/c1-19-6-2-7-8(9-5-20-12(13)15-9)4-14-11(7)10(3-6)16(17)18/h2-5,14H,1H3,(H2,13,15). The summed E-state index contributed by atoms with van der Waals surface area (Å²) in [6, 6.07) is 3.13. The molecule has 7 nitrogen and oxygen atoms in total. The van der Waals surface area contributed by atoms with Gasteiger partial charge >= 0.3 is 0 Å². The number of hydrogen-bond donors (Lipinski definition) is 2. The molecule has 0 amide bonds. The number of aromatic amines is 1. The Balaban J connectivity index is 2.30. The van der Waals surface area contributed by atoms with E-state index in [-0.39, 0.29) is 5.69 Å². The molecule has 0 spiro atoms. The number of nitro groups is 1. The average molecular weight is 290 g/mol. The third-order valence-corrected chi connectivity index (χ3v) is 3.65. The Kier molecular flexibility index (Phi) is 2.79. The summed E-state index contributed by atoms with van der Waals surface area (Å²) in [5.41, 5.74) is 7.48. The minimum atomic E-state index is -0.444. The van der Waals surface area contributed by atoms with Crippen molar-refractivity contribution in [3.63, 3.8) is 0 Å². The second-order valence-electron chi connectivity index (χ2n) is 4.10. The molecular formula is C12H10N4O3S. The van der Waals surface area contributed by atoms with Crippen molar-refractivity contribution in [2.75, 3.05) is 12.8 Å². The van der Waals surface area contributed by atoms with Crippen molar-refractivity contribution in [3.8, 4) is 17.0 Å². The van der Waals surface area contributed by atoms with E-state index in [4.69, 9.17) is 10.5 Å². The number of ether oxygens (including phenoxy) is 1. The van der Waals surface area contributed by atoms with Crippen LogP contribution in [0.2, 0.25) is 0 Å². The largest absolute Gasteiger partial charge is 0.496 e. The van der Waals surface area contributed by atoms with Gasteiger partial charge in [0.2, 0.25) is 0 Å². The van der Waals surface area contributed by atoms with Gasteiger partial charge in [0.15, 0.2) is 5.13 Å². The number of hydrogen-bond acceptors (Lipinski definition) is 6. The molecule has 0 saturated heterocycles. The van der Waals surface area contributed by atoms with Crippen molar-refractivity contribution >= 4 is 33.1 Å². The summed E-state index contributed by atoms with van der Waals surface area (Å²) < 4.78 is 5.12. The first-order chi connectivity index (χ1) is 9.60. The molecule has 2 heterocycles. The second kappa shape index (κ2) is 4.49. The van der Waals surface area contributed by atoms with E-state index in [0.29, 0.717) is 27.5 Å². The summed E-state index contributed by atoms with van der Waals surface area (Å²) in [5.74, 6) is 0.424. The van der Waals surface area contributed by atoms with Crippen LogP contribution < -0.4 is 10.5 Å². The Bertz CT molecular complexity index is 808. The summed E-state index contributed by atoms with van der Waals surface area (Å²) in [6.45, 7) is 0. The Morgan fingerprint density at radius 1 is 1.50 bits per heavy atom. The first-order valence-corrected chi connectivity index (χ1v) is 6.53. The highest BCUT2D eigenvalue weighted by atomic mass is 32.1. The van der Waals surface area contributed by atoms with Gasteiger partial charge in [0, 0.05) is 22.5 Å². The zero-order valence-corrected chi connectivity index (χ0v) is 11.2. The number of nitrogens with zero attached hydrogens (tertiary/aromatic N) is 2. The van der Waals surface area contributed by atoms with Gasteiger partial charge in [-0.25, -0.2) is 4.98 Å². The number of rotatable bonds is 3. The van der Waals surface area contributed by atoms with Crippen LogP contribution in [0, 0.1) is 10.1 Å². The van der Waals surface area contributed by atoms with Crippen LogP contribution in [0.5, 0.6) is 5.75 Å². The van der Waals surface area contributed by atoms with Crippen molar-refractivity contribution in [1.82, 2.24) is 9.97 Å². The van der Waals surface area contributed by atoms with Gasteiger partial charge in [-0.15, -0.1) is 11.3 Å². The number of nitrogen functional groups attached to an aromatic ring is 1. The first-order valence-electron chi connectivity index (χ1n) is 5.65. The van der Waals surface area contributed by atoms with Crippen LogP contribution in [0.3, 0.4) is 0 Å². The fourth-order valence-electron chi connectivity index (χ4n) is 2.07. The third-order valence-electron chi connectivity index (χ3n) is 2.97. The fraction of sp³-hybridized carbons (Fsp3) is 0.0833. The van der Waals surface area contributed by atoms with Gasteiger partial charge in [0.05, 0.1) is 23.8 Å². The molecule has 0 radical (unpaired) electrons. The van der Waals surface area contributed by atoms with Gasteiger partial charge in [-0.1, -0.05) is 0 Å². The number of nitrogens with two attached hydrogens (primary N) is 1. The molecule has 8 heteroatoms. The number of anilines is 1. The number of methoxy groups -OCH3 is 1. The summed E-state index contributed by atoms with van der Waals surface area (Å²) in [7, 11) is 1.47. The third kappa shape index (κ3) is 1.86. The molecular weight excluding hydrogens is 280 g/mol. The van der Waals surface area contributed by atoms with Gasteiger partial charge in [-0.05, 0) is 6.07 Å². The highest BCUT2D eigenvalue weighted by Crippen LogP contribution is 2.37. The number of aromatic nitrogens is 2. The maximum Gasteiger partial charge on any atom is 0.297 e. The lowest BCUT2D eigenvalue weighted by Gasteiger charge is -2.02. The van der Waals surface area contributed by atoms with E-state index >= 15 is 0 Å². The van der Waals surface area contributed by atoms with Gasteiger partial charge in [0.25, 0.3) is 5.69 Å². The number of nitrogens with one attached hydrogen (secondary N) is 1. The van der Waals surface area contributed by atoms with E-state index in [1.54, 1.807) is 12.3 Å². The van der Waals surface area contributed by atoms with Crippen LogP contribution in [0.25, 0.3) is 22.2 Å². The predicted molar refractivity (Wildman–Crippen MR) is 77.0 cm³/mol. The van der Waals surface area contributed by atoms with E-state index in [1.807, 2.05) is 5.38 Å². The van der Waals surface area contributed by atoms with Crippen molar-refractivity contribution < 1.29 is 9.66 Å². The number of nitro benzene ring substituents is 1. The number of fused-ring (bicyclic) bond motifs is 1. The summed E-state index contributed by atoms with van der Waals surface area (Å²) in [5, 5.41) is 14.1. The van der Waals surface area contributed by atoms with Gasteiger partial charge < -0.3 is 15.5 Å². The highest BCUT2D eigenvalue weighted by molar-refractivity contribution is 7.13. The molecule has 0 fully saturated rings. The lowest BCUT2D eigenvalue weighted by atomic mass is 10.1. The molecule has 0 unspecified atom stereocenters. The number of thiazole rings is 1. The topological polar surface area (TPSA) is 107 Å². The first kappa shape index (κ1) is 12.4. The van der Waals surface area contributed by atoms with Gasteiger partial charge in [-0.2, -0.15) is 0 Å². The predicted octanol–water partition coefficient (Wildman–Crippen LogP) is 2.79. The number of H-pyrrole nitrogens is 1. The maximum absolute atomic E-state index is 11.1. The quantitative estimate of drug-likeness (QED) is 0.569. The normalized spacial score (nSPS) is 10.8. The zero-order valence-electron chi connectivity index (χ0n) is 10.4. The Labute approximate surface area is 117 Å². The van der Waals surface area contributed by atoms with E-state index in [2.05, 4.69) is 9.97 Å². The molecule has 3 N–H and O–H groups in total. The molecule has 0 aliphatic rings. The van der Waals surface area contributed by atoms with Gasteiger partial charge in [0.1, 0.15) is 11.3 Å². The van der Waals surface area contributed by atoms with Crippen LogP contribution in [-0.4, -0.2) is 22.0 Å². The monoisotopic (exact) mass is 290 g/mol. The summed E-state index contributed by atoms with van der Waals surface area (Å²) >= 11 is 1.32. The maximum atomic E-state index is 11.1. The Morgan fingerprint density at radius 2 is 2.30 bits per heavy atom. The molecule has 2 aromatic heterocycles. The van der Waals surface area contributed by atoms with Crippen molar-refractivity contribution in [2.45, 2.75) is 0 Å². The summed E-state index contributed by atoms with van der Waals surface area (Å²) in [4.78, 5) is 17.8. The van der Waals surface area contributed by atoms with E-state index in [0.717, 1.165) is 5.56 Å². The van der Waals surface area contributed by atoms with E-state index in [1.165, 1.54) is 24.5 Å². The lowest BCUT2D eigenvalue weighted by molar-refractivity contribution is -0.383. The van der Waals surface area contributed by atoms with E-state index < -0.39 is 4.92 Å². The molecule has 0 aliphatic carbocycles. The Hall–Kier alpha value is -2.61. The van der Waals surface area contributed by atoms with Crippen LogP contribution in [0.1, 0.15) is 0 Å². The van der Waals surface area contributed by atoms with Crippen LogP contribution in [0.15, 0.2) is 23.7 Å². The molecule has 102 valence electrons. The molecule has 20 heavy (non-hydrogen) atoms. The Morgan fingerprint density at radius 3 is 2.90 bits per heavy atom. The van der Waals surface area contributed by atoms with Crippen LogP contribution in [0.4, 0.5) is 10.8 Å².